The molecule has 0 amide bonds. The van der Waals surface area contributed by atoms with E-state index >= 15 is 0 Å². The van der Waals surface area contributed by atoms with Gasteiger partial charge in [0.15, 0.2) is 5.96 Å². The highest BCUT2D eigenvalue weighted by atomic mass is 127. The summed E-state index contributed by atoms with van der Waals surface area (Å²) in [7, 11) is -3.67. The first-order valence-electron chi connectivity index (χ1n) is 7.33. The van der Waals surface area contributed by atoms with Gasteiger partial charge >= 0.3 is 0 Å². The molecule has 1 aliphatic heterocycles. The number of fused-ring (bicyclic) bond motifs is 1. The number of nitrogens with zero attached hydrogens (tertiary/aromatic N) is 1. The van der Waals surface area contributed by atoms with Crippen molar-refractivity contribution in [1.29, 1.82) is 0 Å². The highest BCUT2D eigenvalue weighted by Gasteiger charge is 2.21. The average molecular weight is 494 g/mol. The lowest BCUT2D eigenvalue weighted by molar-refractivity contribution is 0.262. The summed E-state index contributed by atoms with van der Waals surface area (Å²) in [6, 6.07) is 11.0. The molecule has 0 aliphatic carbocycles. The molecule has 1 atom stereocenters. The Bertz CT molecular complexity index is 867. The van der Waals surface area contributed by atoms with E-state index in [1.165, 1.54) is 6.07 Å². The van der Waals surface area contributed by atoms with Gasteiger partial charge in [-0.25, -0.2) is 18.5 Å². The second kappa shape index (κ2) is 8.34. The first-order chi connectivity index (χ1) is 11.4. The van der Waals surface area contributed by atoms with E-state index in [0.29, 0.717) is 19.1 Å². The predicted octanol–water partition coefficient (Wildman–Crippen LogP) is 1.94. The number of sulfonamides is 1. The van der Waals surface area contributed by atoms with Crippen LogP contribution in [0.5, 0.6) is 5.75 Å². The fourth-order valence-corrected chi connectivity index (χ4v) is 4.18. The van der Waals surface area contributed by atoms with E-state index in [9.17, 15) is 8.42 Å². The average Bonchev–Trinajstić information content (AvgIpc) is 3.03. The number of halogens is 1. The van der Waals surface area contributed by atoms with E-state index in [0.717, 1.165) is 33.9 Å². The van der Waals surface area contributed by atoms with Gasteiger partial charge in [0, 0.05) is 16.9 Å². The number of benzene rings is 1. The lowest BCUT2D eigenvalue weighted by atomic mass is 10.0. The molecule has 0 saturated carbocycles. The summed E-state index contributed by atoms with van der Waals surface area (Å²) in [6.07, 6.45) is 0.793. The smallest absolute Gasteiger partial charge is 0.247 e. The molecule has 10 heteroatoms. The summed E-state index contributed by atoms with van der Waals surface area (Å²) < 4.78 is 28.3. The molecule has 136 valence electrons. The van der Waals surface area contributed by atoms with Crippen LogP contribution in [0.1, 0.15) is 22.9 Å². The van der Waals surface area contributed by atoms with Crippen LogP contribution in [-0.2, 0) is 16.6 Å². The van der Waals surface area contributed by atoms with Gasteiger partial charge < -0.3 is 15.8 Å². The lowest BCUT2D eigenvalue weighted by Crippen LogP contribution is -2.37. The molecule has 0 radical (unpaired) electrons. The number of hydrogen-bond donors (Lipinski definition) is 3. The number of primary sulfonamides is 1. The monoisotopic (exact) mass is 494 g/mol. The number of thiophene rings is 1. The first kappa shape index (κ1) is 19.9. The van der Waals surface area contributed by atoms with E-state index < -0.39 is 10.0 Å². The van der Waals surface area contributed by atoms with Gasteiger partial charge in [-0.15, -0.1) is 35.3 Å². The number of nitrogens with two attached hydrogens (primary N) is 2. The Morgan fingerprint density at radius 3 is 2.80 bits per heavy atom. The minimum atomic E-state index is -3.67. The number of rotatable bonds is 4. The molecule has 1 aromatic carbocycles. The number of aliphatic imine (C=N–C) groups is 1. The molecule has 0 spiro atoms. The molecule has 0 fully saturated rings. The minimum Gasteiger partial charge on any atom is -0.493 e. The Labute approximate surface area is 167 Å². The molecule has 7 nitrogen and oxygen atoms in total. The molecule has 2 heterocycles. The van der Waals surface area contributed by atoms with Gasteiger partial charge in [-0.1, -0.05) is 18.2 Å². The van der Waals surface area contributed by atoms with E-state index in [1.807, 2.05) is 24.3 Å². The Hall–Kier alpha value is -1.37. The highest BCUT2D eigenvalue weighted by Crippen LogP contribution is 2.31. The number of hydrogen-bond acceptors (Lipinski definition) is 5. The summed E-state index contributed by atoms with van der Waals surface area (Å²) in [6.45, 7) is 0.911. The summed E-state index contributed by atoms with van der Waals surface area (Å²) in [4.78, 5) is 5.05. The van der Waals surface area contributed by atoms with Crippen LogP contribution in [0.3, 0.4) is 0 Å². The van der Waals surface area contributed by atoms with Crippen molar-refractivity contribution in [2.45, 2.75) is 23.2 Å². The van der Waals surface area contributed by atoms with Crippen LogP contribution in [0.4, 0.5) is 0 Å². The molecular weight excluding hydrogens is 475 g/mol. The highest BCUT2D eigenvalue weighted by molar-refractivity contribution is 14.0. The van der Waals surface area contributed by atoms with E-state index in [2.05, 4.69) is 10.3 Å². The molecular formula is C15H19IN4O3S2. The normalized spacial score (nSPS) is 17.2. The first-order valence-corrected chi connectivity index (χ1v) is 9.69. The second-order valence-corrected chi connectivity index (χ2v) is 8.30. The molecule has 5 N–H and O–H groups in total. The predicted molar refractivity (Wildman–Crippen MR) is 109 cm³/mol. The van der Waals surface area contributed by atoms with E-state index in [4.69, 9.17) is 15.6 Å². The molecule has 2 aromatic rings. The Balaban J connectivity index is 0.00000225. The Kier molecular flexibility index (Phi) is 6.65. The third kappa shape index (κ3) is 5.06. The van der Waals surface area contributed by atoms with Crippen molar-refractivity contribution in [2.24, 2.45) is 15.9 Å². The maximum absolute atomic E-state index is 11.3. The summed E-state index contributed by atoms with van der Waals surface area (Å²) in [5, 5.41) is 8.28. The Morgan fingerprint density at radius 2 is 2.08 bits per heavy atom. The summed E-state index contributed by atoms with van der Waals surface area (Å²) in [5.74, 6) is 1.16. The van der Waals surface area contributed by atoms with Crippen molar-refractivity contribution in [3.63, 3.8) is 0 Å². The number of para-hydroxylation sites is 1. The van der Waals surface area contributed by atoms with Gasteiger partial charge in [0.1, 0.15) is 9.96 Å². The zero-order chi connectivity index (χ0) is 17.2. The van der Waals surface area contributed by atoms with Gasteiger partial charge in [-0.05, 0) is 18.2 Å². The van der Waals surface area contributed by atoms with Crippen LogP contribution in [0.15, 0.2) is 45.6 Å². The molecule has 1 aromatic heterocycles. The molecule has 3 rings (SSSR count). The van der Waals surface area contributed by atoms with Crippen molar-refractivity contribution in [1.82, 2.24) is 5.32 Å². The zero-order valence-electron chi connectivity index (χ0n) is 13.2. The number of nitrogens with one attached hydrogen (secondary N) is 1. The topological polar surface area (TPSA) is 120 Å². The fourth-order valence-electron chi connectivity index (χ4n) is 2.48. The number of guanidine groups is 1. The summed E-state index contributed by atoms with van der Waals surface area (Å²) >= 11 is 1.09. The Morgan fingerprint density at radius 1 is 1.32 bits per heavy atom. The van der Waals surface area contributed by atoms with Gasteiger partial charge in [-0.2, -0.15) is 0 Å². The van der Waals surface area contributed by atoms with Crippen LogP contribution < -0.4 is 20.9 Å². The van der Waals surface area contributed by atoms with Crippen molar-refractivity contribution in [3.8, 4) is 5.75 Å². The quantitative estimate of drug-likeness (QED) is 0.341. The molecule has 0 saturated heterocycles. The van der Waals surface area contributed by atoms with Gasteiger partial charge in [0.05, 0.1) is 19.2 Å². The fraction of sp³-hybridized carbons (Fsp3) is 0.267. The summed E-state index contributed by atoms with van der Waals surface area (Å²) in [5.41, 5.74) is 7.01. The maximum atomic E-state index is 11.3. The van der Waals surface area contributed by atoms with E-state index in [1.54, 1.807) is 6.07 Å². The lowest BCUT2D eigenvalue weighted by Gasteiger charge is -2.26. The maximum Gasteiger partial charge on any atom is 0.247 e. The van der Waals surface area contributed by atoms with Crippen LogP contribution in [0.2, 0.25) is 0 Å². The third-order valence-electron chi connectivity index (χ3n) is 3.60. The number of ether oxygens (including phenoxy) is 1. The third-order valence-corrected chi connectivity index (χ3v) is 6.11. The van der Waals surface area contributed by atoms with Gasteiger partial charge in [0.2, 0.25) is 10.0 Å². The molecule has 1 aliphatic rings. The van der Waals surface area contributed by atoms with Crippen molar-refractivity contribution < 1.29 is 13.2 Å². The zero-order valence-corrected chi connectivity index (χ0v) is 17.2. The van der Waals surface area contributed by atoms with Crippen molar-refractivity contribution >= 4 is 51.3 Å². The minimum absolute atomic E-state index is 0. The van der Waals surface area contributed by atoms with Crippen LogP contribution in [0, 0.1) is 0 Å². The van der Waals surface area contributed by atoms with E-state index in [-0.39, 0.29) is 34.2 Å². The molecule has 1 unspecified atom stereocenters. The van der Waals surface area contributed by atoms with Crippen molar-refractivity contribution in [2.75, 3.05) is 6.61 Å². The van der Waals surface area contributed by atoms with Crippen LogP contribution in [-0.4, -0.2) is 21.0 Å². The SMILES string of the molecule is I.NC(=NCc1ccc(S(N)(=O)=O)s1)NC1CCOc2ccccc21. The molecule has 25 heavy (non-hydrogen) atoms. The van der Waals surface area contributed by atoms with Gasteiger partial charge in [0.25, 0.3) is 0 Å². The second-order valence-electron chi connectivity index (χ2n) is 5.34. The van der Waals surface area contributed by atoms with Crippen molar-refractivity contribution in [3.05, 3.63) is 46.8 Å². The van der Waals surface area contributed by atoms with Crippen LogP contribution in [0.25, 0.3) is 0 Å². The van der Waals surface area contributed by atoms with Crippen LogP contribution >= 0.6 is 35.3 Å². The largest absolute Gasteiger partial charge is 0.493 e. The standard InChI is InChI=1S/C15H18N4O3S2.HI/c16-15(18-9-10-5-6-14(23-10)24(17,20)21)19-12-7-8-22-13-4-2-1-3-11(12)13;/h1-6,12H,7-9H2,(H3,16,18,19)(H2,17,20,21);1H. The van der Waals surface area contributed by atoms with Gasteiger partial charge in [-0.3, -0.25) is 0 Å². The molecule has 0 bridgehead atoms.